The van der Waals surface area contributed by atoms with Gasteiger partial charge in [0.15, 0.2) is 0 Å². The second-order valence-electron chi connectivity index (χ2n) is 4.63. The van der Waals surface area contributed by atoms with Gasteiger partial charge in [-0.15, -0.1) is 0 Å². The maximum atomic E-state index is 13.3. The number of carbonyl (C=O) groups is 1. The van der Waals surface area contributed by atoms with Crippen LogP contribution in [0.2, 0.25) is 10.0 Å². The largest absolute Gasteiger partial charge is 0.445 e. The van der Waals surface area contributed by atoms with E-state index in [1.54, 1.807) is 12.2 Å². The Morgan fingerprint density at radius 1 is 1.17 bits per heavy atom. The number of carbonyl (C=O) groups excluding carboxylic acids is 1. The smallest absolute Gasteiger partial charge is 0.407 e. The summed E-state index contributed by atoms with van der Waals surface area (Å²) in [5, 5.41) is 2.86. The Balaban J connectivity index is 1.78. The average Bonchev–Trinajstić information content (AvgIpc) is 2.55. The number of nitrogens with one attached hydrogen (secondary N) is 1. The summed E-state index contributed by atoms with van der Waals surface area (Å²) in [6, 6.07) is 11.9. The van der Waals surface area contributed by atoms with Crippen LogP contribution in [-0.2, 0) is 11.3 Å². The summed E-state index contributed by atoms with van der Waals surface area (Å²) >= 11 is 11.6. The van der Waals surface area contributed by atoms with Crippen LogP contribution in [0.15, 0.2) is 48.5 Å². The zero-order chi connectivity index (χ0) is 16.7. The molecule has 6 heteroatoms. The van der Waals surface area contributed by atoms with Crippen molar-refractivity contribution >= 4 is 35.4 Å². The fraction of sp³-hybridized carbons (Fsp3) is 0.118. The number of ether oxygens (including phenoxy) is 1. The van der Waals surface area contributed by atoms with Gasteiger partial charge in [-0.25, -0.2) is 9.18 Å². The second kappa shape index (κ2) is 8.56. The fourth-order valence-corrected chi connectivity index (χ4v) is 2.21. The van der Waals surface area contributed by atoms with Crippen molar-refractivity contribution in [2.24, 2.45) is 0 Å². The van der Waals surface area contributed by atoms with Gasteiger partial charge in [-0.2, -0.15) is 0 Å². The van der Waals surface area contributed by atoms with Gasteiger partial charge in [-0.1, -0.05) is 65.7 Å². The van der Waals surface area contributed by atoms with Gasteiger partial charge in [0.1, 0.15) is 12.4 Å². The van der Waals surface area contributed by atoms with E-state index in [1.807, 2.05) is 30.3 Å². The van der Waals surface area contributed by atoms with Crippen molar-refractivity contribution in [2.75, 3.05) is 6.54 Å². The first-order valence-corrected chi connectivity index (χ1v) is 7.57. The third-order valence-electron chi connectivity index (χ3n) is 2.91. The Bertz CT molecular complexity index is 705. The number of amides is 1. The molecule has 23 heavy (non-hydrogen) atoms. The van der Waals surface area contributed by atoms with E-state index in [2.05, 4.69) is 5.32 Å². The minimum Gasteiger partial charge on any atom is -0.445 e. The number of hydrogen-bond donors (Lipinski definition) is 1. The maximum Gasteiger partial charge on any atom is 0.407 e. The highest BCUT2D eigenvalue weighted by molar-refractivity contribution is 6.35. The van der Waals surface area contributed by atoms with E-state index in [4.69, 9.17) is 27.9 Å². The minimum absolute atomic E-state index is 0.0326. The summed E-state index contributed by atoms with van der Waals surface area (Å²) < 4.78 is 18.4. The van der Waals surface area contributed by atoms with Crippen LogP contribution in [0, 0.1) is 5.82 Å². The molecule has 0 saturated heterocycles. The summed E-state index contributed by atoms with van der Waals surface area (Å²) in [4.78, 5) is 11.5. The monoisotopic (exact) mass is 353 g/mol. The molecule has 0 radical (unpaired) electrons. The molecule has 1 amide bonds. The number of benzene rings is 2. The molecular formula is C17H14Cl2FNO2. The molecule has 0 unspecified atom stereocenters. The predicted molar refractivity (Wildman–Crippen MR) is 90.1 cm³/mol. The molecule has 0 aliphatic carbocycles. The van der Waals surface area contributed by atoms with Gasteiger partial charge in [-0.3, -0.25) is 0 Å². The molecule has 2 aromatic carbocycles. The molecule has 3 nitrogen and oxygen atoms in total. The number of halogens is 3. The molecule has 120 valence electrons. The lowest BCUT2D eigenvalue weighted by Crippen LogP contribution is -2.24. The molecule has 0 atom stereocenters. The molecule has 1 N–H and O–H groups in total. The van der Waals surface area contributed by atoms with Crippen molar-refractivity contribution in [1.29, 1.82) is 0 Å². The SMILES string of the molecule is O=C(NCC=Cc1cc(F)c(Cl)cc1Cl)OCc1ccccc1. The van der Waals surface area contributed by atoms with Crippen molar-refractivity contribution in [1.82, 2.24) is 5.32 Å². The van der Waals surface area contributed by atoms with Gasteiger partial charge in [0.25, 0.3) is 0 Å². The molecule has 2 rings (SSSR count). The summed E-state index contributed by atoms with van der Waals surface area (Å²) in [5.41, 5.74) is 1.38. The Labute approximate surface area is 143 Å². The molecule has 0 spiro atoms. The van der Waals surface area contributed by atoms with Gasteiger partial charge < -0.3 is 10.1 Å². The first-order chi connectivity index (χ1) is 11.1. The lowest BCUT2D eigenvalue weighted by molar-refractivity contribution is 0.141. The molecule has 0 fully saturated rings. The van der Waals surface area contributed by atoms with Crippen molar-refractivity contribution in [3.63, 3.8) is 0 Å². The highest BCUT2D eigenvalue weighted by Gasteiger charge is 2.05. The summed E-state index contributed by atoms with van der Waals surface area (Å²) in [6.07, 6.45) is 2.70. The van der Waals surface area contributed by atoms with Crippen LogP contribution in [0.4, 0.5) is 9.18 Å². The molecule has 2 aromatic rings. The van der Waals surface area contributed by atoms with E-state index in [-0.39, 0.29) is 18.2 Å². The van der Waals surface area contributed by atoms with Crippen molar-refractivity contribution in [3.05, 3.63) is 75.5 Å². The molecular weight excluding hydrogens is 340 g/mol. The van der Waals surface area contributed by atoms with Crippen LogP contribution in [0.3, 0.4) is 0 Å². The van der Waals surface area contributed by atoms with Crippen LogP contribution in [0.25, 0.3) is 6.08 Å². The van der Waals surface area contributed by atoms with Crippen LogP contribution in [-0.4, -0.2) is 12.6 Å². The second-order valence-corrected chi connectivity index (χ2v) is 5.45. The van der Waals surface area contributed by atoms with E-state index in [1.165, 1.54) is 12.1 Å². The van der Waals surface area contributed by atoms with Gasteiger partial charge in [0.05, 0.1) is 5.02 Å². The quantitative estimate of drug-likeness (QED) is 0.761. The lowest BCUT2D eigenvalue weighted by Gasteiger charge is -2.05. The average molecular weight is 354 g/mol. The maximum absolute atomic E-state index is 13.3. The highest BCUT2D eigenvalue weighted by atomic mass is 35.5. The summed E-state index contributed by atoms with van der Waals surface area (Å²) in [6.45, 7) is 0.429. The molecule has 0 aromatic heterocycles. The first-order valence-electron chi connectivity index (χ1n) is 6.82. The van der Waals surface area contributed by atoms with E-state index in [0.717, 1.165) is 5.56 Å². The van der Waals surface area contributed by atoms with E-state index < -0.39 is 11.9 Å². The van der Waals surface area contributed by atoms with E-state index >= 15 is 0 Å². The first kappa shape index (κ1) is 17.3. The van der Waals surface area contributed by atoms with Crippen LogP contribution < -0.4 is 5.32 Å². The highest BCUT2D eigenvalue weighted by Crippen LogP contribution is 2.25. The fourth-order valence-electron chi connectivity index (χ4n) is 1.77. The Hall–Kier alpha value is -2.04. The third-order valence-corrected chi connectivity index (χ3v) is 3.53. The molecule has 0 heterocycles. The van der Waals surface area contributed by atoms with Crippen molar-refractivity contribution < 1.29 is 13.9 Å². The van der Waals surface area contributed by atoms with Gasteiger partial charge in [0.2, 0.25) is 0 Å². The van der Waals surface area contributed by atoms with Crippen LogP contribution in [0.1, 0.15) is 11.1 Å². The lowest BCUT2D eigenvalue weighted by atomic mass is 10.2. The zero-order valence-corrected chi connectivity index (χ0v) is 13.6. The predicted octanol–water partition coefficient (Wildman–Crippen LogP) is 5.07. The molecule has 0 aliphatic rings. The Kier molecular flexibility index (Phi) is 6.44. The van der Waals surface area contributed by atoms with Gasteiger partial charge in [-0.05, 0) is 23.3 Å². The number of hydrogen-bond acceptors (Lipinski definition) is 2. The van der Waals surface area contributed by atoms with Crippen LogP contribution >= 0.6 is 23.2 Å². The summed E-state index contributed by atoms with van der Waals surface area (Å²) in [5.74, 6) is -0.550. The Morgan fingerprint density at radius 2 is 1.91 bits per heavy atom. The molecule has 0 aliphatic heterocycles. The Morgan fingerprint density at radius 3 is 2.65 bits per heavy atom. The van der Waals surface area contributed by atoms with E-state index in [9.17, 15) is 9.18 Å². The van der Waals surface area contributed by atoms with Gasteiger partial charge >= 0.3 is 6.09 Å². The topological polar surface area (TPSA) is 38.3 Å². The third kappa shape index (κ3) is 5.58. The number of rotatable bonds is 5. The molecule has 0 bridgehead atoms. The van der Waals surface area contributed by atoms with Crippen molar-refractivity contribution in [2.45, 2.75) is 6.61 Å². The van der Waals surface area contributed by atoms with E-state index in [0.29, 0.717) is 10.6 Å². The van der Waals surface area contributed by atoms with Crippen molar-refractivity contribution in [3.8, 4) is 0 Å². The zero-order valence-electron chi connectivity index (χ0n) is 12.1. The molecule has 0 saturated carbocycles. The minimum atomic E-state index is -0.550. The van der Waals surface area contributed by atoms with Gasteiger partial charge in [0, 0.05) is 11.6 Å². The summed E-state index contributed by atoms with van der Waals surface area (Å²) in [7, 11) is 0. The van der Waals surface area contributed by atoms with Crippen LogP contribution in [0.5, 0.6) is 0 Å². The normalized spacial score (nSPS) is 10.7. The standard InChI is InChI=1S/C17H14Cl2FNO2/c18-14-10-15(19)16(20)9-13(14)7-4-8-21-17(22)23-11-12-5-2-1-3-6-12/h1-7,9-10H,8,11H2,(H,21,22). The number of alkyl carbamates (subject to hydrolysis) is 1.